The van der Waals surface area contributed by atoms with E-state index in [0.717, 1.165) is 56.6 Å². The number of fused-ring (bicyclic) bond motifs is 8. The summed E-state index contributed by atoms with van der Waals surface area (Å²) in [6.45, 7) is 0. The topological polar surface area (TPSA) is 58.8 Å². The Bertz CT molecular complexity index is 2690. The summed E-state index contributed by atoms with van der Waals surface area (Å²) >= 11 is 1.85. The first-order chi connectivity index (χ1) is 25.2. The van der Waals surface area contributed by atoms with E-state index < -0.39 is 0 Å². The fourth-order valence-electron chi connectivity index (χ4n) is 8.33. The highest BCUT2D eigenvalue weighted by Crippen LogP contribution is 2.47. The molecule has 4 heterocycles. The number of furan rings is 1. The lowest BCUT2D eigenvalue weighted by atomic mass is 9.83. The molecule has 246 valence electrons. The number of amidine groups is 1. The van der Waals surface area contributed by atoms with Crippen LogP contribution in [0.15, 0.2) is 166 Å². The maximum absolute atomic E-state index is 6.58. The number of hydrogen-bond donors (Lipinski definition) is 2. The highest BCUT2D eigenvalue weighted by atomic mass is 32.1. The third-order valence-electron chi connectivity index (χ3n) is 10.9. The number of allylic oxidation sites excluding steroid dienone is 5. The Morgan fingerprint density at radius 3 is 2.47 bits per heavy atom. The summed E-state index contributed by atoms with van der Waals surface area (Å²) in [6.07, 6.45) is 14.0. The Hall–Kier alpha value is -5.69. The molecule has 6 heteroatoms. The zero-order valence-corrected chi connectivity index (χ0v) is 28.4. The van der Waals surface area contributed by atoms with Crippen LogP contribution in [0.5, 0.6) is 0 Å². The molecule has 5 nitrogen and oxygen atoms in total. The van der Waals surface area contributed by atoms with Crippen molar-refractivity contribution in [2.24, 2.45) is 10.9 Å². The number of benzene rings is 5. The summed E-state index contributed by atoms with van der Waals surface area (Å²) in [5.74, 6) is 2.56. The van der Waals surface area contributed by atoms with E-state index in [1.807, 2.05) is 29.5 Å². The van der Waals surface area contributed by atoms with Crippen molar-refractivity contribution < 1.29 is 9.15 Å². The van der Waals surface area contributed by atoms with Gasteiger partial charge in [-0.2, -0.15) is 0 Å². The second-order valence-electron chi connectivity index (χ2n) is 13.8. The Labute approximate surface area is 299 Å². The molecule has 11 rings (SSSR count). The number of para-hydroxylation sites is 1. The summed E-state index contributed by atoms with van der Waals surface area (Å²) in [4.78, 5) is 5.24. The molecule has 4 aliphatic rings. The van der Waals surface area contributed by atoms with Gasteiger partial charge in [-0.05, 0) is 65.6 Å². The monoisotopic (exact) mass is 679 g/mol. The summed E-state index contributed by atoms with van der Waals surface area (Å²) in [7, 11) is 0. The van der Waals surface area contributed by atoms with Crippen LogP contribution in [0.1, 0.15) is 46.9 Å². The standard InChI is InChI=1S/C45H33N3O2S/c1-2-9-26(10-3-1)43-46-44(28-18-21-39-35(24-28)32-12-5-6-15-37(32)49-39)48-45(47-43)29-17-20-33-36-23-27(19-22-40(36)51-41(33)25-29)30-13-8-14-34-31-11-4-7-16-38(31)50-42(30)34/h1-12,14-25,30-31,38,44-45,48H,13H2,(H,46,47). The molecule has 2 N–H and O–H groups in total. The molecule has 0 spiro atoms. The largest absolute Gasteiger partial charge is 0.489 e. The Kier molecular flexibility index (Phi) is 6.51. The minimum absolute atomic E-state index is 0.107. The SMILES string of the molecule is C1=CC2OC3=C(C=CCC3c3ccc4sc5cc(C6N=C(c7ccccc7)NC(c7ccc8oc9ccccc9c8c7)N6)ccc5c4c3)C2C=C1. The predicted molar refractivity (Wildman–Crippen MR) is 208 cm³/mol. The molecular formula is C45H33N3O2S. The van der Waals surface area contributed by atoms with Gasteiger partial charge >= 0.3 is 0 Å². The van der Waals surface area contributed by atoms with Crippen molar-refractivity contribution >= 4 is 59.3 Å². The first-order valence-corrected chi connectivity index (χ1v) is 18.5. The zero-order chi connectivity index (χ0) is 33.5. The summed E-state index contributed by atoms with van der Waals surface area (Å²) in [5, 5.41) is 12.3. The van der Waals surface area contributed by atoms with Crippen molar-refractivity contribution in [1.29, 1.82) is 0 Å². The van der Waals surface area contributed by atoms with Crippen molar-refractivity contribution in [1.82, 2.24) is 10.6 Å². The summed E-state index contributed by atoms with van der Waals surface area (Å²) in [5.41, 5.74) is 7.77. The molecule has 0 radical (unpaired) electrons. The highest BCUT2D eigenvalue weighted by molar-refractivity contribution is 7.25. The number of thiophene rings is 1. The van der Waals surface area contributed by atoms with Gasteiger partial charge in [0.1, 0.15) is 41.2 Å². The van der Waals surface area contributed by atoms with Gasteiger partial charge in [0.15, 0.2) is 0 Å². The average molecular weight is 680 g/mol. The van der Waals surface area contributed by atoms with Crippen LogP contribution < -0.4 is 10.6 Å². The van der Waals surface area contributed by atoms with E-state index in [2.05, 4.69) is 138 Å². The molecule has 5 atom stereocenters. The van der Waals surface area contributed by atoms with E-state index in [1.54, 1.807) is 0 Å². The van der Waals surface area contributed by atoms with Crippen molar-refractivity contribution in [3.05, 3.63) is 179 Å². The van der Waals surface area contributed by atoms with E-state index in [4.69, 9.17) is 14.1 Å². The van der Waals surface area contributed by atoms with Crippen LogP contribution in [-0.4, -0.2) is 11.9 Å². The molecule has 0 amide bonds. The number of ether oxygens (including phenoxy) is 1. The Morgan fingerprint density at radius 1 is 0.686 bits per heavy atom. The van der Waals surface area contributed by atoms with Crippen LogP contribution >= 0.6 is 11.3 Å². The first-order valence-electron chi connectivity index (χ1n) is 17.7. The zero-order valence-electron chi connectivity index (χ0n) is 27.6. The van der Waals surface area contributed by atoms with Crippen LogP contribution in [0.3, 0.4) is 0 Å². The van der Waals surface area contributed by atoms with E-state index in [-0.39, 0.29) is 24.4 Å². The molecule has 5 aromatic carbocycles. The van der Waals surface area contributed by atoms with Gasteiger partial charge < -0.3 is 14.5 Å². The van der Waals surface area contributed by atoms with Crippen molar-refractivity contribution in [3.8, 4) is 0 Å². The molecule has 2 aliphatic heterocycles. The van der Waals surface area contributed by atoms with Crippen LogP contribution in [0.4, 0.5) is 0 Å². The average Bonchev–Trinajstić information content (AvgIpc) is 3.88. The molecule has 0 saturated heterocycles. The number of aliphatic imine (C=N–C) groups is 1. The normalized spacial score (nSPS) is 23.8. The third kappa shape index (κ3) is 4.74. The Morgan fingerprint density at radius 2 is 1.51 bits per heavy atom. The van der Waals surface area contributed by atoms with Crippen molar-refractivity contribution in [2.45, 2.75) is 30.8 Å². The van der Waals surface area contributed by atoms with Gasteiger partial charge in [0, 0.05) is 53.9 Å². The number of nitrogens with one attached hydrogen (secondary N) is 2. The van der Waals surface area contributed by atoms with Gasteiger partial charge in [-0.25, -0.2) is 4.99 Å². The van der Waals surface area contributed by atoms with Crippen molar-refractivity contribution in [2.75, 3.05) is 0 Å². The maximum Gasteiger partial charge on any atom is 0.135 e. The first kappa shape index (κ1) is 29.1. The smallest absolute Gasteiger partial charge is 0.135 e. The van der Waals surface area contributed by atoms with Gasteiger partial charge in [0.25, 0.3) is 0 Å². The maximum atomic E-state index is 6.58. The summed E-state index contributed by atoms with van der Waals surface area (Å²) < 4.78 is 15.3. The molecule has 2 aliphatic carbocycles. The van der Waals surface area contributed by atoms with E-state index in [9.17, 15) is 0 Å². The van der Waals surface area contributed by atoms with Crippen LogP contribution in [0.2, 0.25) is 0 Å². The number of nitrogens with zero attached hydrogens (tertiary/aromatic N) is 1. The molecule has 0 bridgehead atoms. The minimum atomic E-state index is -0.237. The van der Waals surface area contributed by atoms with Crippen LogP contribution in [-0.2, 0) is 4.74 Å². The minimum Gasteiger partial charge on any atom is -0.489 e. The lowest BCUT2D eigenvalue weighted by Crippen LogP contribution is -2.44. The molecule has 7 aromatic rings. The van der Waals surface area contributed by atoms with Gasteiger partial charge in [0.05, 0.1) is 0 Å². The molecule has 5 unspecified atom stereocenters. The molecule has 0 saturated carbocycles. The highest BCUT2D eigenvalue weighted by Gasteiger charge is 2.38. The van der Waals surface area contributed by atoms with E-state index >= 15 is 0 Å². The van der Waals surface area contributed by atoms with Gasteiger partial charge in [-0.3, -0.25) is 5.32 Å². The molecule has 0 fully saturated rings. The van der Waals surface area contributed by atoms with Gasteiger partial charge in [0.2, 0.25) is 0 Å². The predicted octanol–water partition coefficient (Wildman–Crippen LogP) is 10.7. The van der Waals surface area contributed by atoms with Gasteiger partial charge in [-0.15, -0.1) is 11.3 Å². The number of rotatable bonds is 4. The second kappa shape index (κ2) is 11.4. The second-order valence-corrected chi connectivity index (χ2v) is 14.9. The van der Waals surface area contributed by atoms with E-state index in [1.165, 1.54) is 31.3 Å². The van der Waals surface area contributed by atoms with Crippen molar-refractivity contribution in [3.63, 3.8) is 0 Å². The molecule has 2 aromatic heterocycles. The van der Waals surface area contributed by atoms with E-state index in [0.29, 0.717) is 5.92 Å². The fourth-order valence-corrected chi connectivity index (χ4v) is 9.46. The quantitative estimate of drug-likeness (QED) is 0.194. The number of hydrogen-bond acceptors (Lipinski definition) is 6. The fraction of sp³-hybridized carbons (Fsp3) is 0.133. The molecular weight excluding hydrogens is 647 g/mol. The lowest BCUT2D eigenvalue weighted by Gasteiger charge is -2.32. The summed E-state index contributed by atoms with van der Waals surface area (Å²) in [6, 6.07) is 39.0. The van der Waals surface area contributed by atoms with Crippen LogP contribution in [0, 0.1) is 5.92 Å². The molecule has 51 heavy (non-hydrogen) atoms. The third-order valence-corrected chi connectivity index (χ3v) is 12.0. The lowest BCUT2D eigenvalue weighted by molar-refractivity contribution is 0.151. The van der Waals surface area contributed by atoms with Gasteiger partial charge in [-0.1, -0.05) is 103 Å². The Balaban J connectivity index is 0.957. The van der Waals surface area contributed by atoms with Crippen LogP contribution in [0.25, 0.3) is 42.1 Å².